The molecule has 0 atom stereocenters. The summed E-state index contributed by atoms with van der Waals surface area (Å²) in [6, 6.07) is 2.11. The number of imide groups is 1. The number of hydrogen-bond donors (Lipinski definition) is 2. The molecule has 0 bridgehead atoms. The van der Waals surface area contributed by atoms with Crippen LogP contribution in [0.2, 0.25) is 0 Å². The van der Waals surface area contributed by atoms with Crippen LogP contribution in [0.4, 0.5) is 4.79 Å². The Labute approximate surface area is 150 Å². The summed E-state index contributed by atoms with van der Waals surface area (Å²) < 4.78 is 25.0. The monoisotopic (exact) mass is 370 g/mol. The Morgan fingerprint density at radius 1 is 0.923 bits per heavy atom. The van der Waals surface area contributed by atoms with Crippen molar-refractivity contribution in [1.82, 2.24) is 10.6 Å². The normalized spacial score (nSPS) is 9.85. The fourth-order valence-electron chi connectivity index (χ4n) is 1.87. The average Bonchev–Trinajstić information content (AvgIpc) is 2.64. The molecule has 0 saturated carbocycles. The number of carbonyl (C=O) groups excluding carboxylic acids is 3. The molecule has 1 rings (SSSR count). The first-order valence-electron chi connectivity index (χ1n) is 7.50. The van der Waals surface area contributed by atoms with Crippen LogP contribution >= 0.6 is 0 Å². The van der Waals surface area contributed by atoms with E-state index in [1.165, 1.54) is 40.6 Å². The minimum absolute atomic E-state index is 0.0440. The number of nitrogens with one attached hydrogen (secondary N) is 2. The summed E-state index contributed by atoms with van der Waals surface area (Å²) in [7, 11) is 5.70. The quantitative estimate of drug-likeness (QED) is 0.471. The number of methoxy groups -OCH3 is 4. The van der Waals surface area contributed by atoms with Gasteiger partial charge in [-0.05, 0) is 0 Å². The topological polar surface area (TPSA) is 121 Å². The molecule has 26 heavy (non-hydrogen) atoms. The second kappa shape index (κ2) is 10.8. The summed E-state index contributed by atoms with van der Waals surface area (Å²) in [5.74, 6) is -0.760. The molecule has 0 fully saturated rings. The summed E-state index contributed by atoms with van der Waals surface area (Å²) in [4.78, 5) is 35.2. The molecular weight excluding hydrogens is 348 g/mol. The van der Waals surface area contributed by atoms with Crippen LogP contribution in [0.25, 0.3) is 0 Å². The largest absolute Gasteiger partial charge is 0.496 e. The number of urea groups is 1. The van der Waals surface area contributed by atoms with E-state index in [0.717, 1.165) is 0 Å². The zero-order valence-electron chi connectivity index (χ0n) is 15.0. The lowest BCUT2D eigenvalue weighted by Gasteiger charge is -2.13. The molecule has 0 unspecified atom stereocenters. The Morgan fingerprint density at radius 3 is 2.12 bits per heavy atom. The third-order valence-electron chi connectivity index (χ3n) is 3.10. The van der Waals surface area contributed by atoms with E-state index in [0.29, 0.717) is 18.1 Å². The lowest BCUT2D eigenvalue weighted by molar-refractivity contribution is -0.123. The van der Waals surface area contributed by atoms with E-state index in [9.17, 15) is 14.4 Å². The van der Waals surface area contributed by atoms with Gasteiger partial charge in [0.2, 0.25) is 0 Å². The molecule has 0 spiro atoms. The highest BCUT2D eigenvalue weighted by Gasteiger charge is 2.20. The first kappa shape index (κ1) is 21.0. The zero-order chi connectivity index (χ0) is 19.5. The molecule has 0 heterocycles. The van der Waals surface area contributed by atoms with E-state index < -0.39 is 24.5 Å². The second-order valence-electron chi connectivity index (χ2n) is 4.78. The Hall–Kier alpha value is -3.01. The number of hydrogen-bond acceptors (Lipinski definition) is 8. The molecule has 0 aromatic heterocycles. The van der Waals surface area contributed by atoms with Crippen molar-refractivity contribution in [1.29, 1.82) is 0 Å². The number of ether oxygens (including phenoxy) is 5. The predicted octanol–water partition coefficient (Wildman–Crippen LogP) is 0.341. The van der Waals surface area contributed by atoms with Crippen molar-refractivity contribution >= 4 is 17.9 Å². The minimum atomic E-state index is -0.822. The first-order valence-corrected chi connectivity index (χ1v) is 7.50. The lowest BCUT2D eigenvalue weighted by atomic mass is 10.1. The third kappa shape index (κ3) is 6.13. The molecule has 0 aliphatic heterocycles. The van der Waals surface area contributed by atoms with Crippen molar-refractivity contribution < 1.29 is 38.1 Å². The van der Waals surface area contributed by atoms with Gasteiger partial charge in [-0.2, -0.15) is 0 Å². The molecule has 0 aliphatic rings. The van der Waals surface area contributed by atoms with Crippen LogP contribution < -0.4 is 24.8 Å². The molecule has 2 N–H and O–H groups in total. The molecule has 0 radical (unpaired) electrons. The predicted molar refractivity (Wildman–Crippen MR) is 89.8 cm³/mol. The summed E-state index contributed by atoms with van der Waals surface area (Å²) in [5.41, 5.74) is 0.0440. The second-order valence-corrected chi connectivity index (χ2v) is 4.78. The SMILES string of the molecule is COCCNC(=O)NC(=O)COC(=O)c1cc(OC)c(OC)cc1OC. The van der Waals surface area contributed by atoms with Crippen molar-refractivity contribution in [2.45, 2.75) is 0 Å². The number of benzene rings is 1. The van der Waals surface area contributed by atoms with Gasteiger partial charge in [0.1, 0.15) is 11.3 Å². The van der Waals surface area contributed by atoms with Crippen LogP contribution in [0.5, 0.6) is 17.2 Å². The highest BCUT2D eigenvalue weighted by atomic mass is 16.5. The van der Waals surface area contributed by atoms with E-state index in [-0.39, 0.29) is 17.9 Å². The van der Waals surface area contributed by atoms with Crippen molar-refractivity contribution in [2.24, 2.45) is 0 Å². The molecule has 0 saturated heterocycles. The van der Waals surface area contributed by atoms with Crippen LogP contribution in [-0.2, 0) is 14.3 Å². The number of amides is 3. The maximum atomic E-state index is 12.2. The Bertz CT molecular complexity index is 647. The van der Waals surface area contributed by atoms with Gasteiger partial charge in [0.05, 0.1) is 27.9 Å². The summed E-state index contributed by atoms with van der Waals surface area (Å²) in [5, 5.41) is 4.41. The highest BCUT2D eigenvalue weighted by molar-refractivity contribution is 5.98. The average molecular weight is 370 g/mol. The Kier molecular flexibility index (Phi) is 8.71. The fraction of sp³-hybridized carbons (Fsp3) is 0.438. The standard InChI is InChI=1S/C16H22N2O8/c1-22-6-5-17-16(21)18-14(19)9-26-15(20)10-7-12(24-3)13(25-4)8-11(10)23-2/h7-8H,5-6,9H2,1-4H3,(H2,17,18,19,21). The van der Waals surface area contributed by atoms with Crippen molar-refractivity contribution in [3.8, 4) is 17.2 Å². The van der Waals surface area contributed by atoms with E-state index in [2.05, 4.69) is 5.32 Å². The van der Waals surface area contributed by atoms with Gasteiger partial charge in [-0.3, -0.25) is 10.1 Å². The van der Waals surface area contributed by atoms with Gasteiger partial charge in [-0.25, -0.2) is 9.59 Å². The van der Waals surface area contributed by atoms with Crippen LogP contribution in [-0.4, -0.2) is 66.1 Å². The first-order chi connectivity index (χ1) is 12.5. The van der Waals surface area contributed by atoms with Crippen LogP contribution in [0, 0.1) is 0 Å². The van der Waals surface area contributed by atoms with Crippen LogP contribution in [0.15, 0.2) is 12.1 Å². The third-order valence-corrected chi connectivity index (χ3v) is 3.10. The minimum Gasteiger partial charge on any atom is -0.496 e. The zero-order valence-corrected chi connectivity index (χ0v) is 15.0. The van der Waals surface area contributed by atoms with Gasteiger partial charge < -0.3 is 29.0 Å². The van der Waals surface area contributed by atoms with Gasteiger partial charge in [0.25, 0.3) is 5.91 Å². The van der Waals surface area contributed by atoms with E-state index in [1.807, 2.05) is 5.32 Å². The van der Waals surface area contributed by atoms with Crippen LogP contribution in [0.3, 0.4) is 0 Å². The number of esters is 1. The van der Waals surface area contributed by atoms with Gasteiger partial charge in [0.15, 0.2) is 18.1 Å². The van der Waals surface area contributed by atoms with Crippen LogP contribution in [0.1, 0.15) is 10.4 Å². The summed E-state index contributed by atoms with van der Waals surface area (Å²) in [6.45, 7) is -0.109. The Morgan fingerprint density at radius 2 is 1.54 bits per heavy atom. The molecular formula is C16H22N2O8. The molecule has 1 aromatic rings. The number of carbonyl (C=O) groups is 3. The Balaban J connectivity index is 2.67. The molecule has 0 aliphatic carbocycles. The number of rotatable bonds is 9. The van der Waals surface area contributed by atoms with Crippen molar-refractivity contribution in [3.05, 3.63) is 17.7 Å². The molecule has 144 valence electrons. The van der Waals surface area contributed by atoms with E-state index >= 15 is 0 Å². The van der Waals surface area contributed by atoms with E-state index in [1.54, 1.807) is 0 Å². The van der Waals surface area contributed by atoms with E-state index in [4.69, 9.17) is 23.7 Å². The summed E-state index contributed by atoms with van der Waals surface area (Å²) in [6.07, 6.45) is 0. The van der Waals surface area contributed by atoms with Gasteiger partial charge in [-0.1, -0.05) is 0 Å². The molecule has 3 amide bonds. The smallest absolute Gasteiger partial charge is 0.342 e. The molecule has 10 nitrogen and oxygen atoms in total. The molecule has 1 aromatic carbocycles. The maximum absolute atomic E-state index is 12.2. The lowest BCUT2D eigenvalue weighted by Crippen LogP contribution is -2.42. The summed E-state index contributed by atoms with van der Waals surface area (Å²) >= 11 is 0. The van der Waals surface area contributed by atoms with Gasteiger partial charge in [0, 0.05) is 25.8 Å². The van der Waals surface area contributed by atoms with Crippen molar-refractivity contribution in [3.63, 3.8) is 0 Å². The van der Waals surface area contributed by atoms with Crippen molar-refractivity contribution in [2.75, 3.05) is 48.2 Å². The fourth-order valence-corrected chi connectivity index (χ4v) is 1.87. The molecule has 10 heteroatoms. The van der Waals surface area contributed by atoms with Gasteiger partial charge >= 0.3 is 12.0 Å². The maximum Gasteiger partial charge on any atom is 0.342 e. The van der Waals surface area contributed by atoms with Gasteiger partial charge in [-0.15, -0.1) is 0 Å². The highest BCUT2D eigenvalue weighted by Crippen LogP contribution is 2.34.